The molecule has 2 heteroatoms. The van der Waals surface area contributed by atoms with Gasteiger partial charge in [-0.25, -0.2) is 0 Å². The van der Waals surface area contributed by atoms with Gasteiger partial charge in [-0.05, 0) is 43.7 Å². The second kappa shape index (κ2) is 3.83. The van der Waals surface area contributed by atoms with Crippen LogP contribution in [0.2, 0.25) is 0 Å². The van der Waals surface area contributed by atoms with Gasteiger partial charge in [0.1, 0.15) is 6.07 Å². The highest BCUT2D eigenvalue weighted by Crippen LogP contribution is 2.48. The van der Waals surface area contributed by atoms with E-state index in [9.17, 15) is 0 Å². The lowest BCUT2D eigenvalue weighted by Crippen LogP contribution is -2.25. The topological polar surface area (TPSA) is 35.8 Å². The number of rotatable bonds is 3. The van der Waals surface area contributed by atoms with Gasteiger partial charge in [0, 0.05) is 6.04 Å². The summed E-state index contributed by atoms with van der Waals surface area (Å²) in [6.45, 7) is 6.48. The van der Waals surface area contributed by atoms with Crippen LogP contribution < -0.4 is 5.32 Å². The lowest BCUT2D eigenvalue weighted by Gasteiger charge is -2.22. The second-order valence-electron chi connectivity index (χ2n) is 5.13. The van der Waals surface area contributed by atoms with Crippen LogP contribution >= 0.6 is 0 Å². The molecule has 84 valence electrons. The molecule has 16 heavy (non-hydrogen) atoms. The number of nitriles is 1. The Morgan fingerprint density at radius 1 is 1.44 bits per heavy atom. The summed E-state index contributed by atoms with van der Waals surface area (Å²) in [5.74, 6) is 0. The first-order chi connectivity index (χ1) is 7.57. The maximum Gasteiger partial charge on any atom is 0.102 e. The van der Waals surface area contributed by atoms with Gasteiger partial charge in [-0.1, -0.05) is 19.1 Å². The van der Waals surface area contributed by atoms with Crippen LogP contribution in [0.4, 0.5) is 5.69 Å². The van der Waals surface area contributed by atoms with Gasteiger partial charge in [0.25, 0.3) is 0 Å². The maximum absolute atomic E-state index is 9.14. The van der Waals surface area contributed by atoms with Crippen molar-refractivity contribution in [2.45, 2.75) is 39.7 Å². The van der Waals surface area contributed by atoms with Crippen LogP contribution in [0.25, 0.3) is 0 Å². The number of hydrogen-bond acceptors (Lipinski definition) is 2. The van der Waals surface area contributed by atoms with Gasteiger partial charge in [-0.2, -0.15) is 5.26 Å². The fraction of sp³-hybridized carbons (Fsp3) is 0.500. The second-order valence-corrected chi connectivity index (χ2v) is 5.13. The third kappa shape index (κ3) is 1.90. The minimum atomic E-state index is 0.427. The van der Waals surface area contributed by atoms with E-state index in [1.807, 2.05) is 25.1 Å². The van der Waals surface area contributed by atoms with Crippen molar-refractivity contribution in [2.75, 3.05) is 5.32 Å². The summed E-state index contributed by atoms with van der Waals surface area (Å²) in [6.07, 6.45) is 2.57. The van der Waals surface area contributed by atoms with Gasteiger partial charge < -0.3 is 5.32 Å². The Balaban J connectivity index is 2.22. The predicted molar refractivity (Wildman–Crippen MR) is 66.3 cm³/mol. The van der Waals surface area contributed by atoms with Crippen LogP contribution in [-0.4, -0.2) is 6.04 Å². The van der Waals surface area contributed by atoms with Crippen LogP contribution in [0.3, 0.4) is 0 Å². The zero-order valence-electron chi connectivity index (χ0n) is 10.2. The van der Waals surface area contributed by atoms with E-state index >= 15 is 0 Å². The van der Waals surface area contributed by atoms with Crippen LogP contribution in [0.15, 0.2) is 18.2 Å². The molecule has 0 aliphatic heterocycles. The van der Waals surface area contributed by atoms with Crippen molar-refractivity contribution in [3.8, 4) is 6.07 Å². The molecule has 0 spiro atoms. The Bertz CT molecular complexity index is 439. The monoisotopic (exact) mass is 214 g/mol. The van der Waals surface area contributed by atoms with Crippen LogP contribution in [-0.2, 0) is 0 Å². The highest BCUT2D eigenvalue weighted by Gasteiger charge is 2.42. The fourth-order valence-electron chi connectivity index (χ4n) is 1.97. The fourth-order valence-corrected chi connectivity index (χ4v) is 1.97. The van der Waals surface area contributed by atoms with Crippen molar-refractivity contribution in [3.63, 3.8) is 0 Å². The quantitative estimate of drug-likeness (QED) is 0.836. The van der Waals surface area contributed by atoms with Crippen LogP contribution in [0.1, 0.15) is 37.8 Å². The molecule has 1 aromatic rings. The Labute approximate surface area is 97.3 Å². The van der Waals surface area contributed by atoms with E-state index in [0.29, 0.717) is 11.5 Å². The molecule has 2 nitrogen and oxygen atoms in total. The molecule has 1 aliphatic carbocycles. The largest absolute Gasteiger partial charge is 0.381 e. The van der Waals surface area contributed by atoms with Crippen LogP contribution in [0, 0.1) is 23.7 Å². The summed E-state index contributed by atoms with van der Waals surface area (Å²) in [4.78, 5) is 0. The molecule has 0 heterocycles. The molecule has 1 unspecified atom stereocenters. The maximum atomic E-state index is 9.14. The molecule has 1 atom stereocenters. The number of aryl methyl sites for hydroxylation is 1. The van der Waals surface area contributed by atoms with E-state index in [1.54, 1.807) is 0 Å². The number of hydrogen-bond donors (Lipinski definition) is 1. The number of anilines is 1. The van der Waals surface area contributed by atoms with Crippen molar-refractivity contribution < 1.29 is 0 Å². The zero-order chi connectivity index (χ0) is 11.8. The molecule has 0 saturated heterocycles. The predicted octanol–water partition coefficient (Wildman–Crippen LogP) is 3.47. The van der Waals surface area contributed by atoms with Gasteiger partial charge in [0.2, 0.25) is 0 Å². The third-order valence-electron chi connectivity index (χ3n) is 3.84. The van der Waals surface area contributed by atoms with Gasteiger partial charge in [0.15, 0.2) is 0 Å². The molecule has 1 fully saturated rings. The van der Waals surface area contributed by atoms with E-state index in [0.717, 1.165) is 16.8 Å². The molecule has 0 bridgehead atoms. The molecular weight excluding hydrogens is 196 g/mol. The van der Waals surface area contributed by atoms with E-state index in [-0.39, 0.29) is 0 Å². The molecule has 1 aromatic carbocycles. The molecule has 0 aromatic heterocycles. The molecule has 1 saturated carbocycles. The van der Waals surface area contributed by atoms with E-state index in [4.69, 9.17) is 5.26 Å². The highest BCUT2D eigenvalue weighted by molar-refractivity contribution is 5.61. The molecular formula is C14H18N2. The summed E-state index contributed by atoms with van der Waals surface area (Å²) in [6, 6.07) is 8.68. The van der Waals surface area contributed by atoms with Gasteiger partial charge in [-0.15, -0.1) is 0 Å². The Morgan fingerprint density at radius 3 is 2.69 bits per heavy atom. The number of benzene rings is 1. The van der Waals surface area contributed by atoms with Crippen molar-refractivity contribution in [1.82, 2.24) is 0 Å². The lowest BCUT2D eigenvalue weighted by molar-refractivity contribution is 0.493. The van der Waals surface area contributed by atoms with Crippen molar-refractivity contribution in [2.24, 2.45) is 5.41 Å². The minimum Gasteiger partial charge on any atom is -0.381 e. The summed E-state index contributed by atoms with van der Waals surface area (Å²) >= 11 is 0. The smallest absolute Gasteiger partial charge is 0.102 e. The number of nitrogens with one attached hydrogen (secondary N) is 1. The molecule has 1 aliphatic rings. The minimum absolute atomic E-state index is 0.427. The summed E-state index contributed by atoms with van der Waals surface area (Å²) in [5.41, 5.74) is 3.22. The summed E-state index contributed by atoms with van der Waals surface area (Å²) < 4.78 is 0. The molecule has 2 rings (SSSR count). The summed E-state index contributed by atoms with van der Waals surface area (Å²) in [7, 11) is 0. The first-order valence-electron chi connectivity index (χ1n) is 5.83. The molecule has 1 N–H and O–H groups in total. The zero-order valence-corrected chi connectivity index (χ0v) is 10.2. The summed E-state index contributed by atoms with van der Waals surface area (Å²) in [5, 5.41) is 12.6. The normalized spacial score (nSPS) is 18.6. The van der Waals surface area contributed by atoms with Crippen molar-refractivity contribution >= 4 is 5.69 Å². The van der Waals surface area contributed by atoms with Crippen molar-refractivity contribution in [1.29, 1.82) is 5.26 Å². The van der Waals surface area contributed by atoms with Gasteiger partial charge in [0.05, 0.1) is 11.3 Å². The number of nitrogens with zero attached hydrogens (tertiary/aromatic N) is 1. The first-order valence-corrected chi connectivity index (χ1v) is 5.83. The van der Waals surface area contributed by atoms with E-state index < -0.39 is 0 Å². The van der Waals surface area contributed by atoms with Crippen molar-refractivity contribution in [3.05, 3.63) is 29.3 Å². The Kier molecular flexibility index (Phi) is 2.63. The van der Waals surface area contributed by atoms with Crippen LogP contribution in [0.5, 0.6) is 0 Å². The highest BCUT2D eigenvalue weighted by atomic mass is 14.9. The van der Waals surface area contributed by atoms with Gasteiger partial charge in [-0.3, -0.25) is 0 Å². The first kappa shape index (κ1) is 11.0. The molecule has 0 radical (unpaired) electrons. The third-order valence-corrected chi connectivity index (χ3v) is 3.84. The Morgan fingerprint density at radius 2 is 2.12 bits per heavy atom. The standard InChI is InChI=1S/C14H18N2/c1-10-5-4-6-13(12(10)9-15)16-11(2)14(3)7-8-14/h4-6,11,16H,7-8H2,1-3H3. The average molecular weight is 214 g/mol. The Hall–Kier alpha value is -1.49. The van der Waals surface area contributed by atoms with E-state index in [1.165, 1.54) is 12.8 Å². The van der Waals surface area contributed by atoms with Gasteiger partial charge >= 0.3 is 0 Å². The van der Waals surface area contributed by atoms with E-state index in [2.05, 4.69) is 25.2 Å². The molecule has 0 amide bonds. The average Bonchev–Trinajstić information content (AvgIpc) is 2.98. The lowest BCUT2D eigenvalue weighted by atomic mass is 9.99. The SMILES string of the molecule is Cc1cccc(NC(C)C2(C)CC2)c1C#N.